The Labute approximate surface area is 187 Å². The van der Waals surface area contributed by atoms with Crippen molar-refractivity contribution in [3.63, 3.8) is 0 Å². The van der Waals surface area contributed by atoms with Crippen molar-refractivity contribution in [2.24, 2.45) is 5.92 Å². The number of halogens is 1. The standard InChI is InChI=1S/C24H29FN4O3/c1-17(2)13-22(30)27-21-8-3-5-18(14-21)16-26-24(32)29-11-9-28(10-12-29)23(31)19-6-4-7-20(25)15-19/h3-8,14-15,17H,9-13,16H2,1-2H3,(H,26,32)(H,27,30). The Morgan fingerprint density at radius 2 is 1.66 bits per heavy atom. The number of benzene rings is 2. The number of hydrogen-bond acceptors (Lipinski definition) is 3. The lowest BCUT2D eigenvalue weighted by Crippen LogP contribution is -2.53. The Bertz CT molecular complexity index is 971. The van der Waals surface area contributed by atoms with Gasteiger partial charge in [-0.1, -0.05) is 32.0 Å². The van der Waals surface area contributed by atoms with Gasteiger partial charge in [-0.25, -0.2) is 9.18 Å². The predicted molar refractivity (Wildman–Crippen MR) is 121 cm³/mol. The summed E-state index contributed by atoms with van der Waals surface area (Å²) in [7, 11) is 0. The van der Waals surface area contributed by atoms with Gasteiger partial charge in [0.25, 0.3) is 5.91 Å². The second-order valence-electron chi connectivity index (χ2n) is 8.29. The van der Waals surface area contributed by atoms with Crippen molar-refractivity contribution in [1.82, 2.24) is 15.1 Å². The summed E-state index contributed by atoms with van der Waals surface area (Å²) in [4.78, 5) is 40.3. The molecule has 1 heterocycles. The normalized spacial score (nSPS) is 13.8. The van der Waals surface area contributed by atoms with Crippen LogP contribution in [0.2, 0.25) is 0 Å². The van der Waals surface area contributed by atoms with Gasteiger partial charge in [-0.15, -0.1) is 0 Å². The van der Waals surface area contributed by atoms with Crippen LogP contribution in [-0.4, -0.2) is 53.8 Å². The SMILES string of the molecule is CC(C)CC(=O)Nc1cccc(CNC(=O)N2CCN(C(=O)c3cccc(F)c3)CC2)c1. The highest BCUT2D eigenvalue weighted by molar-refractivity contribution is 5.94. The van der Waals surface area contributed by atoms with Crippen molar-refractivity contribution in [2.45, 2.75) is 26.8 Å². The fourth-order valence-electron chi connectivity index (χ4n) is 3.55. The second kappa shape index (κ2) is 10.7. The monoisotopic (exact) mass is 440 g/mol. The number of urea groups is 1. The molecule has 1 aliphatic heterocycles. The Morgan fingerprint density at radius 1 is 0.969 bits per heavy atom. The minimum absolute atomic E-state index is 0.0353. The highest BCUT2D eigenvalue weighted by Crippen LogP contribution is 2.13. The third-order valence-corrected chi connectivity index (χ3v) is 5.17. The molecule has 3 rings (SSSR count). The van der Waals surface area contributed by atoms with E-state index in [1.807, 2.05) is 38.1 Å². The molecule has 32 heavy (non-hydrogen) atoms. The van der Waals surface area contributed by atoms with Crippen LogP contribution in [0.4, 0.5) is 14.9 Å². The number of carbonyl (C=O) groups is 3. The quantitative estimate of drug-likeness (QED) is 0.722. The van der Waals surface area contributed by atoms with E-state index >= 15 is 0 Å². The molecule has 2 N–H and O–H groups in total. The third kappa shape index (κ3) is 6.54. The predicted octanol–water partition coefficient (Wildman–Crippen LogP) is 3.48. The number of carbonyl (C=O) groups excluding carboxylic acids is 3. The lowest BCUT2D eigenvalue weighted by atomic mass is 10.1. The molecular weight excluding hydrogens is 411 g/mol. The van der Waals surface area contributed by atoms with Crippen LogP contribution in [0, 0.1) is 11.7 Å². The van der Waals surface area contributed by atoms with Gasteiger partial charge in [0, 0.05) is 50.4 Å². The third-order valence-electron chi connectivity index (χ3n) is 5.17. The minimum atomic E-state index is -0.447. The minimum Gasteiger partial charge on any atom is -0.335 e. The maximum Gasteiger partial charge on any atom is 0.317 e. The van der Waals surface area contributed by atoms with Crippen LogP contribution in [-0.2, 0) is 11.3 Å². The van der Waals surface area contributed by atoms with Gasteiger partial charge in [0.05, 0.1) is 0 Å². The number of nitrogens with one attached hydrogen (secondary N) is 2. The van der Waals surface area contributed by atoms with Crippen molar-refractivity contribution in [3.05, 3.63) is 65.5 Å². The largest absolute Gasteiger partial charge is 0.335 e. The number of piperazine rings is 1. The van der Waals surface area contributed by atoms with E-state index in [0.717, 1.165) is 5.56 Å². The fourth-order valence-corrected chi connectivity index (χ4v) is 3.55. The zero-order valence-corrected chi connectivity index (χ0v) is 18.4. The molecule has 8 heteroatoms. The van der Waals surface area contributed by atoms with E-state index in [-0.39, 0.29) is 23.8 Å². The number of amides is 4. The molecule has 1 aliphatic rings. The maximum atomic E-state index is 13.4. The lowest BCUT2D eigenvalue weighted by molar-refractivity contribution is -0.116. The highest BCUT2D eigenvalue weighted by Gasteiger charge is 2.25. The number of rotatable bonds is 6. The van der Waals surface area contributed by atoms with E-state index in [1.54, 1.807) is 15.9 Å². The Balaban J connectivity index is 1.47. The smallest absolute Gasteiger partial charge is 0.317 e. The van der Waals surface area contributed by atoms with Crippen LogP contribution in [0.25, 0.3) is 0 Å². The van der Waals surface area contributed by atoms with Crippen molar-refractivity contribution < 1.29 is 18.8 Å². The Morgan fingerprint density at radius 3 is 2.34 bits per heavy atom. The molecule has 0 radical (unpaired) electrons. The Hall–Kier alpha value is -3.42. The van der Waals surface area contributed by atoms with Gasteiger partial charge in [-0.05, 0) is 41.8 Å². The summed E-state index contributed by atoms with van der Waals surface area (Å²) in [6.45, 7) is 5.89. The first-order chi connectivity index (χ1) is 15.3. The molecule has 1 fully saturated rings. The van der Waals surface area contributed by atoms with E-state index in [4.69, 9.17) is 0 Å². The molecule has 0 atom stereocenters. The second-order valence-corrected chi connectivity index (χ2v) is 8.29. The van der Waals surface area contributed by atoms with Crippen LogP contribution in [0.3, 0.4) is 0 Å². The van der Waals surface area contributed by atoms with Gasteiger partial charge >= 0.3 is 6.03 Å². The molecule has 4 amide bonds. The highest BCUT2D eigenvalue weighted by atomic mass is 19.1. The summed E-state index contributed by atoms with van der Waals surface area (Å²) in [5, 5.41) is 5.76. The van der Waals surface area contributed by atoms with Gasteiger partial charge < -0.3 is 20.4 Å². The molecule has 7 nitrogen and oxygen atoms in total. The summed E-state index contributed by atoms with van der Waals surface area (Å²) in [6.07, 6.45) is 0.453. The number of anilines is 1. The molecule has 1 saturated heterocycles. The van der Waals surface area contributed by atoms with E-state index in [1.165, 1.54) is 18.2 Å². The van der Waals surface area contributed by atoms with Gasteiger partial charge in [-0.3, -0.25) is 9.59 Å². The summed E-state index contributed by atoms with van der Waals surface area (Å²) in [5.74, 6) is -0.438. The molecule has 0 bridgehead atoms. The van der Waals surface area contributed by atoms with Crippen LogP contribution >= 0.6 is 0 Å². The first-order valence-electron chi connectivity index (χ1n) is 10.8. The molecule has 170 valence electrons. The topological polar surface area (TPSA) is 81.8 Å². The van der Waals surface area contributed by atoms with Gasteiger partial charge in [0.1, 0.15) is 5.82 Å². The van der Waals surface area contributed by atoms with Crippen molar-refractivity contribution in [3.8, 4) is 0 Å². The molecule has 0 aromatic heterocycles. The molecule has 2 aromatic rings. The zero-order valence-electron chi connectivity index (χ0n) is 18.4. The zero-order chi connectivity index (χ0) is 23.1. The van der Waals surface area contributed by atoms with Crippen LogP contribution in [0.1, 0.15) is 36.2 Å². The van der Waals surface area contributed by atoms with E-state index < -0.39 is 5.82 Å². The summed E-state index contributed by atoms with van der Waals surface area (Å²) in [5.41, 5.74) is 1.88. The molecule has 0 unspecified atom stereocenters. The van der Waals surface area contributed by atoms with Crippen LogP contribution < -0.4 is 10.6 Å². The molecule has 2 aromatic carbocycles. The summed E-state index contributed by atoms with van der Waals surface area (Å²) >= 11 is 0. The van der Waals surface area contributed by atoms with Gasteiger partial charge in [0.15, 0.2) is 0 Å². The summed E-state index contributed by atoms with van der Waals surface area (Å²) in [6, 6.07) is 12.8. The van der Waals surface area contributed by atoms with Gasteiger partial charge in [0.2, 0.25) is 5.91 Å². The van der Waals surface area contributed by atoms with Crippen molar-refractivity contribution in [2.75, 3.05) is 31.5 Å². The number of hydrogen-bond donors (Lipinski definition) is 2. The fraction of sp³-hybridized carbons (Fsp3) is 0.375. The molecule has 0 aliphatic carbocycles. The average Bonchev–Trinajstić information content (AvgIpc) is 2.76. The van der Waals surface area contributed by atoms with E-state index in [0.29, 0.717) is 50.4 Å². The summed E-state index contributed by atoms with van der Waals surface area (Å²) < 4.78 is 13.4. The first kappa shape index (κ1) is 23.2. The lowest BCUT2D eigenvalue weighted by Gasteiger charge is -2.34. The van der Waals surface area contributed by atoms with Gasteiger partial charge in [-0.2, -0.15) is 0 Å². The Kier molecular flexibility index (Phi) is 7.81. The van der Waals surface area contributed by atoms with Crippen molar-refractivity contribution >= 4 is 23.5 Å². The van der Waals surface area contributed by atoms with Crippen LogP contribution in [0.15, 0.2) is 48.5 Å². The maximum absolute atomic E-state index is 13.4. The van der Waals surface area contributed by atoms with E-state index in [9.17, 15) is 18.8 Å². The molecule has 0 saturated carbocycles. The van der Waals surface area contributed by atoms with E-state index in [2.05, 4.69) is 10.6 Å². The molecule has 0 spiro atoms. The average molecular weight is 441 g/mol. The van der Waals surface area contributed by atoms with Crippen molar-refractivity contribution in [1.29, 1.82) is 0 Å². The number of nitrogens with zero attached hydrogens (tertiary/aromatic N) is 2. The van der Waals surface area contributed by atoms with Crippen LogP contribution in [0.5, 0.6) is 0 Å². The molecular formula is C24H29FN4O3. The first-order valence-corrected chi connectivity index (χ1v) is 10.8.